The lowest BCUT2D eigenvalue weighted by atomic mass is 10.2. The molecule has 3 aromatic rings. The molecular formula is C20H16ClNO5. The van der Waals surface area contributed by atoms with Gasteiger partial charge in [-0.1, -0.05) is 23.7 Å². The van der Waals surface area contributed by atoms with Gasteiger partial charge in [0.2, 0.25) is 11.2 Å². The Labute approximate surface area is 160 Å². The van der Waals surface area contributed by atoms with Gasteiger partial charge in [-0.05, 0) is 42.0 Å². The number of carbonyl (C=O) groups is 1. The maximum atomic E-state index is 12.2. The first-order chi connectivity index (χ1) is 13.0. The van der Waals surface area contributed by atoms with Crippen LogP contribution < -0.4 is 20.2 Å². The molecule has 6 nitrogen and oxygen atoms in total. The van der Waals surface area contributed by atoms with E-state index in [1.165, 1.54) is 0 Å². The van der Waals surface area contributed by atoms with Gasteiger partial charge in [-0.2, -0.15) is 0 Å². The average molecular weight is 386 g/mol. The molecule has 0 unspecified atom stereocenters. The Balaban J connectivity index is 1.65. The molecule has 1 N–H and O–H groups in total. The predicted molar refractivity (Wildman–Crippen MR) is 102 cm³/mol. The summed E-state index contributed by atoms with van der Waals surface area (Å²) >= 11 is 5.82. The van der Waals surface area contributed by atoms with E-state index in [1.54, 1.807) is 55.6 Å². The fraction of sp³-hybridized carbons (Fsp3) is 0.100. The first-order valence-electron chi connectivity index (χ1n) is 8.00. The molecule has 1 amide bonds. The van der Waals surface area contributed by atoms with Gasteiger partial charge in [0, 0.05) is 16.8 Å². The molecule has 27 heavy (non-hydrogen) atoms. The van der Waals surface area contributed by atoms with Crippen LogP contribution in [0.4, 0.5) is 5.69 Å². The zero-order chi connectivity index (χ0) is 19.2. The second kappa shape index (κ2) is 8.42. The van der Waals surface area contributed by atoms with Crippen molar-refractivity contribution in [1.82, 2.24) is 0 Å². The second-order valence-corrected chi connectivity index (χ2v) is 6.01. The second-order valence-electron chi connectivity index (χ2n) is 5.57. The van der Waals surface area contributed by atoms with Gasteiger partial charge in [-0.3, -0.25) is 9.59 Å². The van der Waals surface area contributed by atoms with E-state index in [0.717, 1.165) is 17.9 Å². The maximum absolute atomic E-state index is 12.2. The highest BCUT2D eigenvalue weighted by Gasteiger charge is 2.12. The molecule has 3 rings (SSSR count). The Morgan fingerprint density at radius 1 is 1.11 bits per heavy atom. The number of ether oxygens (including phenoxy) is 2. The van der Waals surface area contributed by atoms with E-state index >= 15 is 0 Å². The molecule has 0 spiro atoms. The molecule has 1 aromatic heterocycles. The Bertz CT molecular complexity index is 981. The fourth-order valence-electron chi connectivity index (χ4n) is 2.23. The van der Waals surface area contributed by atoms with Crippen LogP contribution in [-0.2, 0) is 6.61 Å². The lowest BCUT2D eigenvalue weighted by molar-refractivity contribution is 0.0993. The summed E-state index contributed by atoms with van der Waals surface area (Å²) in [4.78, 5) is 24.4. The van der Waals surface area contributed by atoms with E-state index in [9.17, 15) is 9.59 Å². The van der Waals surface area contributed by atoms with Crippen LogP contribution in [0.1, 0.15) is 16.1 Å². The third kappa shape index (κ3) is 4.89. The van der Waals surface area contributed by atoms with Crippen molar-refractivity contribution in [2.45, 2.75) is 6.61 Å². The first-order valence-corrected chi connectivity index (χ1v) is 8.38. The fourth-order valence-corrected chi connectivity index (χ4v) is 2.36. The Hall–Kier alpha value is -3.25. The lowest BCUT2D eigenvalue weighted by Gasteiger charge is -2.07. The highest BCUT2D eigenvalue weighted by molar-refractivity contribution is 6.30. The van der Waals surface area contributed by atoms with Gasteiger partial charge in [0.25, 0.3) is 5.91 Å². The van der Waals surface area contributed by atoms with Gasteiger partial charge < -0.3 is 19.2 Å². The predicted octanol–water partition coefficient (Wildman–Crippen LogP) is 4.13. The van der Waals surface area contributed by atoms with Crippen LogP contribution in [0, 0.1) is 0 Å². The van der Waals surface area contributed by atoms with E-state index in [1.807, 2.05) is 0 Å². The summed E-state index contributed by atoms with van der Waals surface area (Å²) in [6.07, 6.45) is 1.13. The van der Waals surface area contributed by atoms with Gasteiger partial charge in [-0.15, -0.1) is 0 Å². The molecule has 0 radical (unpaired) electrons. The number of methoxy groups -OCH3 is 1. The minimum Gasteiger partial charge on any atom is -0.497 e. The maximum Gasteiger partial charge on any atom is 0.291 e. The van der Waals surface area contributed by atoms with E-state index in [-0.39, 0.29) is 18.1 Å². The van der Waals surface area contributed by atoms with Crippen molar-refractivity contribution in [2.75, 3.05) is 12.4 Å². The monoisotopic (exact) mass is 385 g/mol. The molecule has 0 aliphatic carbocycles. The lowest BCUT2D eigenvalue weighted by Crippen LogP contribution is -2.15. The number of rotatable bonds is 6. The van der Waals surface area contributed by atoms with Crippen LogP contribution >= 0.6 is 11.6 Å². The number of carbonyl (C=O) groups excluding carboxylic acids is 1. The number of hydrogen-bond acceptors (Lipinski definition) is 5. The van der Waals surface area contributed by atoms with Crippen molar-refractivity contribution in [2.24, 2.45) is 0 Å². The number of nitrogens with one attached hydrogen (secondary N) is 1. The molecule has 2 aromatic carbocycles. The third-order valence-electron chi connectivity index (χ3n) is 3.68. The van der Waals surface area contributed by atoms with Crippen molar-refractivity contribution >= 4 is 23.2 Å². The van der Waals surface area contributed by atoms with Gasteiger partial charge >= 0.3 is 0 Å². The van der Waals surface area contributed by atoms with Crippen molar-refractivity contribution < 1.29 is 18.7 Å². The van der Waals surface area contributed by atoms with Crippen molar-refractivity contribution in [3.05, 3.63) is 87.4 Å². The Kier molecular flexibility index (Phi) is 5.78. The van der Waals surface area contributed by atoms with E-state index in [0.29, 0.717) is 16.5 Å². The van der Waals surface area contributed by atoms with Gasteiger partial charge in [0.05, 0.1) is 7.11 Å². The molecule has 0 aliphatic rings. The van der Waals surface area contributed by atoms with Crippen molar-refractivity contribution in [1.29, 1.82) is 0 Å². The van der Waals surface area contributed by atoms with Crippen LogP contribution in [0.5, 0.6) is 11.5 Å². The zero-order valence-corrected chi connectivity index (χ0v) is 15.2. The van der Waals surface area contributed by atoms with Crippen molar-refractivity contribution in [3.8, 4) is 11.5 Å². The number of benzene rings is 2. The van der Waals surface area contributed by atoms with Crippen LogP contribution in [0.25, 0.3) is 0 Å². The molecule has 0 fully saturated rings. The molecule has 138 valence electrons. The molecule has 0 bridgehead atoms. The van der Waals surface area contributed by atoms with E-state index < -0.39 is 11.3 Å². The van der Waals surface area contributed by atoms with E-state index in [4.69, 9.17) is 25.5 Å². The number of anilines is 1. The highest BCUT2D eigenvalue weighted by atomic mass is 35.5. The van der Waals surface area contributed by atoms with Crippen LogP contribution in [0.15, 0.2) is 70.1 Å². The summed E-state index contributed by atoms with van der Waals surface area (Å²) in [5.74, 6) is 0.0313. The molecule has 1 heterocycles. The Morgan fingerprint density at radius 2 is 1.81 bits per heavy atom. The Morgan fingerprint density at radius 3 is 2.44 bits per heavy atom. The highest BCUT2D eigenvalue weighted by Crippen LogP contribution is 2.17. The van der Waals surface area contributed by atoms with E-state index in [2.05, 4.69) is 5.32 Å². The van der Waals surface area contributed by atoms with Gasteiger partial charge in [0.15, 0.2) is 5.76 Å². The zero-order valence-electron chi connectivity index (χ0n) is 14.4. The summed E-state index contributed by atoms with van der Waals surface area (Å²) in [6.45, 7) is 0.180. The molecule has 0 saturated heterocycles. The summed E-state index contributed by atoms with van der Waals surface area (Å²) in [5.41, 5.74) is 0.946. The topological polar surface area (TPSA) is 77.8 Å². The molecule has 0 aliphatic heterocycles. The smallest absolute Gasteiger partial charge is 0.291 e. The number of amides is 1. The summed E-state index contributed by atoms with van der Waals surface area (Å²) in [6, 6.07) is 14.9. The SMILES string of the molecule is COc1ccc(NC(=O)c2cc(=O)c(OCc3ccc(Cl)cc3)co2)cc1. The van der Waals surface area contributed by atoms with Crippen molar-refractivity contribution in [3.63, 3.8) is 0 Å². The summed E-state index contributed by atoms with van der Waals surface area (Å²) in [7, 11) is 1.55. The first kappa shape index (κ1) is 18.5. The van der Waals surface area contributed by atoms with Crippen LogP contribution in [0.3, 0.4) is 0 Å². The van der Waals surface area contributed by atoms with Gasteiger partial charge in [0.1, 0.15) is 18.6 Å². The number of halogens is 1. The van der Waals surface area contributed by atoms with Crippen LogP contribution in [-0.4, -0.2) is 13.0 Å². The molecule has 0 saturated carbocycles. The largest absolute Gasteiger partial charge is 0.497 e. The normalized spacial score (nSPS) is 10.3. The molecule has 7 heteroatoms. The number of hydrogen-bond donors (Lipinski definition) is 1. The minimum absolute atomic E-state index is 0.0194. The summed E-state index contributed by atoms with van der Waals surface area (Å²) < 4.78 is 15.7. The average Bonchev–Trinajstić information content (AvgIpc) is 2.69. The minimum atomic E-state index is -0.540. The third-order valence-corrected chi connectivity index (χ3v) is 3.93. The van der Waals surface area contributed by atoms with Gasteiger partial charge in [-0.25, -0.2) is 0 Å². The van der Waals surface area contributed by atoms with Crippen LogP contribution in [0.2, 0.25) is 5.02 Å². The standard InChI is InChI=1S/C20H16ClNO5/c1-25-16-8-6-15(7-9-16)22-20(24)18-10-17(23)19(12-27-18)26-11-13-2-4-14(21)5-3-13/h2-10,12H,11H2,1H3,(H,22,24). The molecule has 0 atom stereocenters. The quantitative estimate of drug-likeness (QED) is 0.690. The summed E-state index contributed by atoms with van der Waals surface area (Å²) in [5, 5.41) is 3.26. The molecular weight excluding hydrogens is 370 g/mol.